The first kappa shape index (κ1) is 50.7. The monoisotopic (exact) mass is 771 g/mol. The summed E-state index contributed by atoms with van der Waals surface area (Å²) >= 11 is 0. The molecule has 0 aromatic carbocycles. The average Bonchev–Trinajstić information content (AvgIpc) is 3.11. The van der Waals surface area contributed by atoms with Crippen molar-refractivity contribution in [1.29, 1.82) is 0 Å². The molecule has 0 aromatic heterocycles. The largest absolute Gasteiger partial charge is 0.475 e. The van der Waals surface area contributed by atoms with Gasteiger partial charge in [0.15, 0.2) is 0 Å². The Morgan fingerprint density at radius 2 is 0.660 bits per heavy atom. The molecule has 0 saturated heterocycles. The fourth-order valence-electron chi connectivity index (χ4n) is 5.45. The van der Waals surface area contributed by atoms with Gasteiger partial charge in [0, 0.05) is 16.7 Å². The van der Waals surface area contributed by atoms with Gasteiger partial charge in [0.1, 0.15) is 38.1 Å². The van der Waals surface area contributed by atoms with Gasteiger partial charge in [-0.25, -0.2) is 18.9 Å². The molecule has 0 saturated carbocycles. The van der Waals surface area contributed by atoms with Crippen LogP contribution in [-0.4, -0.2) is 56.0 Å². The van der Waals surface area contributed by atoms with Gasteiger partial charge in [-0.3, -0.25) is 13.6 Å². The number of rotatable bonds is 36. The van der Waals surface area contributed by atoms with E-state index in [0.29, 0.717) is 19.3 Å². The number of carbonyl (C=O) groups is 3. The number of hydrogen-bond acceptors (Lipinski definition) is 10. The van der Waals surface area contributed by atoms with Crippen LogP contribution in [0.3, 0.4) is 0 Å². The van der Waals surface area contributed by atoms with Crippen LogP contribution in [-0.2, 0) is 46.7 Å². The van der Waals surface area contributed by atoms with Crippen molar-refractivity contribution in [2.75, 3.05) is 19.8 Å². The molecule has 0 aliphatic carbocycles. The van der Waals surface area contributed by atoms with E-state index in [1.165, 1.54) is 0 Å². The lowest BCUT2D eigenvalue weighted by atomic mass is 10.1. The quantitative estimate of drug-likeness (QED) is 0.0200. The zero-order valence-corrected chi connectivity index (χ0v) is 35.2. The fraction of sp³-hybridized carbons (Fsp3) is 0.786. The molecule has 308 valence electrons. The highest BCUT2D eigenvalue weighted by molar-refractivity contribution is 7.48. The summed E-state index contributed by atoms with van der Waals surface area (Å²) in [6.07, 6.45) is 17.2. The summed E-state index contributed by atoms with van der Waals surface area (Å²) in [5.74, 6) is -1.75. The van der Waals surface area contributed by atoms with Gasteiger partial charge >= 0.3 is 25.7 Å². The maximum absolute atomic E-state index is 15.0. The second-order valence-electron chi connectivity index (χ2n) is 14.4. The summed E-state index contributed by atoms with van der Waals surface area (Å²) in [5.41, 5.74) is 0.696. The number of unbranched alkanes of at least 4 members (excludes halogenated alkanes) is 15. The van der Waals surface area contributed by atoms with Crippen LogP contribution in [0.25, 0.3) is 0 Å². The van der Waals surface area contributed by atoms with Crippen molar-refractivity contribution in [2.45, 2.75) is 195 Å². The molecule has 53 heavy (non-hydrogen) atoms. The van der Waals surface area contributed by atoms with E-state index in [4.69, 9.17) is 27.8 Å². The zero-order valence-electron chi connectivity index (χ0n) is 34.4. The van der Waals surface area contributed by atoms with Crippen molar-refractivity contribution in [2.24, 2.45) is 0 Å². The average molecular weight is 771 g/mol. The Hall–Kier alpha value is -2.26. The molecule has 0 heterocycles. The lowest BCUT2D eigenvalue weighted by Gasteiger charge is -2.30. The van der Waals surface area contributed by atoms with E-state index in [-0.39, 0.29) is 36.5 Å². The molecule has 0 aromatic rings. The summed E-state index contributed by atoms with van der Waals surface area (Å²) in [4.78, 5) is 37.3. The highest BCUT2D eigenvalue weighted by Gasteiger charge is 2.38. The minimum Gasteiger partial charge on any atom is -0.460 e. The third-order valence-electron chi connectivity index (χ3n) is 8.72. The second kappa shape index (κ2) is 32.0. The van der Waals surface area contributed by atoms with Crippen LogP contribution in [0.15, 0.2) is 36.5 Å². The van der Waals surface area contributed by atoms with Crippen LogP contribution in [0, 0.1) is 0 Å². The van der Waals surface area contributed by atoms with E-state index in [0.717, 1.165) is 116 Å². The van der Waals surface area contributed by atoms with E-state index >= 15 is 0 Å². The van der Waals surface area contributed by atoms with E-state index in [2.05, 4.69) is 40.5 Å². The Bertz CT molecular complexity index is 970. The molecule has 0 rings (SSSR count). The van der Waals surface area contributed by atoms with E-state index in [1.807, 2.05) is 0 Å². The second-order valence-corrected chi connectivity index (χ2v) is 16.0. The van der Waals surface area contributed by atoms with Gasteiger partial charge in [-0.1, -0.05) is 156 Å². The molecule has 0 radical (unpaired) electrons. The SMILES string of the molecule is C=C(C)C(=O)OCC(CCCCCCCC)OP(=O)(OC(CCCCCCCC)COC(=O)C(=C)C)OC(CCCCCCCC)COC(=O)C(=C)C. The first-order valence-corrected chi connectivity index (χ1v) is 21.9. The summed E-state index contributed by atoms with van der Waals surface area (Å²) in [6.45, 7) is 21.6. The maximum atomic E-state index is 15.0. The summed E-state index contributed by atoms with van der Waals surface area (Å²) < 4.78 is 50.3. The van der Waals surface area contributed by atoms with Gasteiger partial charge < -0.3 is 14.2 Å². The fourth-order valence-corrected chi connectivity index (χ4v) is 7.20. The number of ether oxygens (including phenoxy) is 3. The number of phosphoric acid groups is 1. The number of hydrogen-bond donors (Lipinski definition) is 0. The van der Waals surface area contributed by atoms with Gasteiger partial charge in [-0.2, -0.15) is 0 Å². The third kappa shape index (κ3) is 27.9. The molecule has 11 heteroatoms. The lowest BCUT2D eigenvalue weighted by molar-refractivity contribution is -0.143. The number of phosphoric ester groups is 1. The standard InChI is InChI=1S/C42H75O10P/c1-10-13-16-19-22-25-28-37(31-47-40(43)34(4)5)50-53(46,51-38(32-48-41(44)35(6)7)29-26-23-20-17-14-11-2)52-39(33-49-42(45)36(8)9)30-27-24-21-18-15-12-3/h37-39H,4,6,8,10-33H2,1-3,5,7,9H3. The van der Waals surface area contributed by atoms with Crippen LogP contribution >= 0.6 is 7.82 Å². The number of esters is 3. The Balaban J connectivity index is 6.50. The Kier molecular flexibility index (Phi) is 30.7. The predicted octanol–water partition coefficient (Wildman–Crippen LogP) is 11.9. The Labute approximate surface area is 322 Å². The summed E-state index contributed by atoms with van der Waals surface area (Å²) in [7, 11) is -4.48. The smallest absolute Gasteiger partial charge is 0.460 e. The van der Waals surface area contributed by atoms with Crippen LogP contribution < -0.4 is 0 Å². The maximum Gasteiger partial charge on any atom is 0.475 e. The Morgan fingerprint density at radius 1 is 0.434 bits per heavy atom. The van der Waals surface area contributed by atoms with Crippen molar-refractivity contribution in [1.82, 2.24) is 0 Å². The zero-order chi connectivity index (χ0) is 39.9. The normalized spacial score (nSPS) is 14.1. The number of carbonyl (C=O) groups excluding carboxylic acids is 3. The highest BCUT2D eigenvalue weighted by Crippen LogP contribution is 2.54. The molecule has 10 nitrogen and oxygen atoms in total. The third-order valence-corrected chi connectivity index (χ3v) is 10.4. The minimum absolute atomic E-state index is 0.184. The molecule has 0 N–H and O–H groups in total. The highest BCUT2D eigenvalue weighted by atomic mass is 31.2. The topological polar surface area (TPSA) is 124 Å². The van der Waals surface area contributed by atoms with Crippen LogP contribution in [0.5, 0.6) is 0 Å². The summed E-state index contributed by atoms with van der Waals surface area (Å²) in [5, 5.41) is 0. The van der Waals surface area contributed by atoms with Crippen LogP contribution in [0.2, 0.25) is 0 Å². The van der Waals surface area contributed by atoms with Crippen molar-refractivity contribution in [3.63, 3.8) is 0 Å². The molecular weight excluding hydrogens is 695 g/mol. The molecule has 3 atom stereocenters. The van der Waals surface area contributed by atoms with Crippen molar-refractivity contribution < 1.29 is 46.7 Å². The van der Waals surface area contributed by atoms with Gasteiger partial charge in [0.2, 0.25) is 0 Å². The van der Waals surface area contributed by atoms with Gasteiger partial charge in [0.25, 0.3) is 0 Å². The molecule has 0 aliphatic heterocycles. The first-order chi connectivity index (χ1) is 25.3. The van der Waals surface area contributed by atoms with Gasteiger partial charge in [0.05, 0.1) is 0 Å². The van der Waals surface area contributed by atoms with Crippen LogP contribution in [0.4, 0.5) is 0 Å². The van der Waals surface area contributed by atoms with E-state index in [9.17, 15) is 18.9 Å². The van der Waals surface area contributed by atoms with Gasteiger partial charge in [-0.15, -0.1) is 0 Å². The predicted molar refractivity (Wildman–Crippen MR) is 214 cm³/mol. The summed E-state index contributed by atoms with van der Waals surface area (Å²) in [6, 6.07) is 0. The van der Waals surface area contributed by atoms with Crippen LogP contribution in [0.1, 0.15) is 176 Å². The van der Waals surface area contributed by atoms with E-state index in [1.54, 1.807) is 20.8 Å². The Morgan fingerprint density at radius 3 is 0.887 bits per heavy atom. The first-order valence-electron chi connectivity index (χ1n) is 20.4. The van der Waals surface area contributed by atoms with Gasteiger partial charge in [-0.05, 0) is 40.0 Å². The van der Waals surface area contributed by atoms with Crippen molar-refractivity contribution >= 4 is 25.7 Å². The molecular formula is C42H75O10P. The van der Waals surface area contributed by atoms with E-state index < -0.39 is 44.0 Å². The lowest BCUT2D eigenvalue weighted by Crippen LogP contribution is -2.29. The van der Waals surface area contributed by atoms with Crippen molar-refractivity contribution in [3.8, 4) is 0 Å². The molecule has 0 amide bonds. The molecule has 0 bridgehead atoms. The molecule has 0 aliphatic rings. The minimum atomic E-state index is -4.48. The molecule has 0 spiro atoms. The molecule has 0 fully saturated rings. The van der Waals surface area contributed by atoms with Crippen molar-refractivity contribution in [3.05, 3.63) is 36.5 Å². The molecule has 3 unspecified atom stereocenters.